The van der Waals surface area contributed by atoms with Gasteiger partial charge in [-0.1, -0.05) is 11.6 Å². The largest absolute Gasteiger partial charge is 0.508 e. The van der Waals surface area contributed by atoms with E-state index in [4.69, 9.17) is 27.2 Å². The average Bonchev–Trinajstić information content (AvgIpc) is 2.54. The summed E-state index contributed by atoms with van der Waals surface area (Å²) in [6, 6.07) is 3.85. The van der Waals surface area contributed by atoms with Crippen LogP contribution in [0.3, 0.4) is 0 Å². The molecule has 0 radical (unpaired) electrons. The lowest BCUT2D eigenvalue weighted by Crippen LogP contribution is -2.15. The standard InChI is InChI=1S/C16H17ClFN3O4/c1-7-14(13(17)15(18)21-16(7)20-6-12(23)24)25-11-4-3-9(22)5-10(11)8(2)19/h3-5,8,22H,6,19H2,1-2H3,(H,20,21)(H,23,24). The highest BCUT2D eigenvalue weighted by molar-refractivity contribution is 6.32. The van der Waals surface area contributed by atoms with E-state index in [-0.39, 0.29) is 28.1 Å². The van der Waals surface area contributed by atoms with Crippen LogP contribution in [-0.4, -0.2) is 27.7 Å². The van der Waals surface area contributed by atoms with E-state index in [1.54, 1.807) is 13.8 Å². The predicted octanol–water partition coefficient (Wildman–Crippen LogP) is 3.20. The maximum absolute atomic E-state index is 14.0. The van der Waals surface area contributed by atoms with Gasteiger partial charge in [0, 0.05) is 17.2 Å². The van der Waals surface area contributed by atoms with Gasteiger partial charge in [-0.25, -0.2) is 4.98 Å². The fraction of sp³-hybridized carbons (Fsp3) is 0.250. The van der Waals surface area contributed by atoms with Crippen molar-refractivity contribution >= 4 is 23.4 Å². The molecule has 25 heavy (non-hydrogen) atoms. The Morgan fingerprint density at radius 3 is 2.80 bits per heavy atom. The number of nitrogens with zero attached hydrogens (tertiary/aromatic N) is 1. The van der Waals surface area contributed by atoms with Crippen molar-refractivity contribution in [1.29, 1.82) is 0 Å². The summed E-state index contributed by atoms with van der Waals surface area (Å²) in [6.07, 6.45) is 0. The van der Waals surface area contributed by atoms with Crippen LogP contribution in [0.25, 0.3) is 0 Å². The van der Waals surface area contributed by atoms with Crippen molar-refractivity contribution < 1.29 is 24.1 Å². The first-order valence-corrected chi connectivity index (χ1v) is 7.66. The van der Waals surface area contributed by atoms with Gasteiger partial charge in [0.1, 0.15) is 28.9 Å². The number of rotatable bonds is 6. The Bertz CT molecular complexity index is 814. The Balaban J connectivity index is 2.47. The summed E-state index contributed by atoms with van der Waals surface area (Å²) < 4.78 is 19.7. The van der Waals surface area contributed by atoms with Crippen LogP contribution in [-0.2, 0) is 4.79 Å². The van der Waals surface area contributed by atoms with Crippen LogP contribution in [0.2, 0.25) is 5.02 Å². The predicted molar refractivity (Wildman–Crippen MR) is 90.9 cm³/mol. The number of halogens is 2. The molecule has 1 heterocycles. The molecule has 2 aromatic rings. The van der Waals surface area contributed by atoms with Crippen LogP contribution < -0.4 is 15.8 Å². The number of carboxylic acids is 1. The van der Waals surface area contributed by atoms with E-state index in [1.165, 1.54) is 18.2 Å². The number of nitrogens with two attached hydrogens (primary N) is 1. The monoisotopic (exact) mass is 369 g/mol. The van der Waals surface area contributed by atoms with Crippen molar-refractivity contribution in [3.8, 4) is 17.2 Å². The molecule has 9 heteroatoms. The van der Waals surface area contributed by atoms with E-state index in [0.29, 0.717) is 11.1 Å². The summed E-state index contributed by atoms with van der Waals surface area (Å²) >= 11 is 5.96. The van der Waals surface area contributed by atoms with Gasteiger partial charge in [-0.3, -0.25) is 4.79 Å². The number of carboxylic acid groups (broad SMARTS) is 1. The van der Waals surface area contributed by atoms with Crippen molar-refractivity contribution in [3.63, 3.8) is 0 Å². The normalized spacial score (nSPS) is 11.9. The van der Waals surface area contributed by atoms with Crippen LogP contribution in [0.15, 0.2) is 18.2 Å². The zero-order chi connectivity index (χ0) is 18.7. The van der Waals surface area contributed by atoms with Crippen LogP contribution in [0.4, 0.5) is 10.2 Å². The first kappa shape index (κ1) is 18.8. The van der Waals surface area contributed by atoms with Crippen LogP contribution in [0, 0.1) is 12.9 Å². The highest BCUT2D eigenvalue weighted by Gasteiger charge is 2.20. The summed E-state index contributed by atoms with van der Waals surface area (Å²) in [4.78, 5) is 14.3. The van der Waals surface area contributed by atoms with Gasteiger partial charge in [0.25, 0.3) is 0 Å². The number of aliphatic carboxylic acids is 1. The molecule has 0 aliphatic rings. The van der Waals surface area contributed by atoms with Gasteiger partial charge in [0.15, 0.2) is 5.75 Å². The van der Waals surface area contributed by atoms with Gasteiger partial charge in [0.2, 0.25) is 5.95 Å². The lowest BCUT2D eigenvalue weighted by atomic mass is 10.1. The van der Waals surface area contributed by atoms with Gasteiger partial charge in [-0.15, -0.1) is 0 Å². The molecule has 5 N–H and O–H groups in total. The van der Waals surface area contributed by atoms with Crippen molar-refractivity contribution in [2.75, 3.05) is 11.9 Å². The summed E-state index contributed by atoms with van der Waals surface area (Å²) in [5, 5.41) is 20.5. The molecule has 0 spiro atoms. The van der Waals surface area contributed by atoms with E-state index in [9.17, 15) is 14.3 Å². The molecule has 7 nitrogen and oxygen atoms in total. The molecule has 1 unspecified atom stereocenters. The molecular weight excluding hydrogens is 353 g/mol. The van der Waals surface area contributed by atoms with Crippen LogP contribution in [0.5, 0.6) is 17.2 Å². The SMILES string of the molecule is Cc1c(NCC(=O)O)nc(F)c(Cl)c1Oc1ccc(O)cc1C(C)N. The minimum absolute atomic E-state index is 0.000394. The second-order valence-corrected chi connectivity index (χ2v) is 5.76. The number of benzene rings is 1. The Hall–Kier alpha value is -2.58. The number of nitrogens with one attached hydrogen (secondary N) is 1. The number of phenolic OH excluding ortho intramolecular Hbond substituents is 1. The minimum Gasteiger partial charge on any atom is -0.508 e. The summed E-state index contributed by atoms with van der Waals surface area (Å²) in [5.41, 5.74) is 6.69. The Kier molecular flexibility index (Phi) is 5.66. The third-order valence-corrected chi connectivity index (χ3v) is 3.72. The number of hydrogen-bond acceptors (Lipinski definition) is 6. The molecule has 2 rings (SSSR count). The number of pyridine rings is 1. The lowest BCUT2D eigenvalue weighted by molar-refractivity contribution is -0.134. The number of aromatic hydroxyl groups is 1. The molecule has 1 atom stereocenters. The second-order valence-electron chi connectivity index (χ2n) is 5.38. The molecular formula is C16H17ClFN3O4. The van der Waals surface area contributed by atoms with Crippen molar-refractivity contribution in [1.82, 2.24) is 4.98 Å². The molecule has 0 bridgehead atoms. The fourth-order valence-corrected chi connectivity index (χ4v) is 2.37. The average molecular weight is 370 g/mol. The maximum atomic E-state index is 14.0. The summed E-state index contributed by atoms with van der Waals surface area (Å²) in [7, 11) is 0. The smallest absolute Gasteiger partial charge is 0.322 e. The number of hydrogen-bond donors (Lipinski definition) is 4. The fourth-order valence-electron chi connectivity index (χ4n) is 2.14. The third kappa shape index (κ3) is 4.28. The molecule has 0 aliphatic heterocycles. The topological polar surface area (TPSA) is 118 Å². The molecule has 0 fully saturated rings. The van der Waals surface area contributed by atoms with Gasteiger partial charge < -0.3 is 26.0 Å². The molecule has 0 aliphatic carbocycles. The summed E-state index contributed by atoms with van der Waals surface area (Å²) in [5.74, 6) is -1.86. The highest BCUT2D eigenvalue weighted by atomic mass is 35.5. The van der Waals surface area contributed by atoms with E-state index in [1.807, 2.05) is 0 Å². The van der Waals surface area contributed by atoms with E-state index in [2.05, 4.69) is 10.3 Å². The first-order chi connectivity index (χ1) is 11.7. The van der Waals surface area contributed by atoms with E-state index in [0.717, 1.165) is 0 Å². The molecule has 0 amide bonds. The second kappa shape index (κ2) is 7.54. The van der Waals surface area contributed by atoms with E-state index >= 15 is 0 Å². The Morgan fingerprint density at radius 1 is 1.52 bits per heavy atom. The number of phenols is 1. The van der Waals surface area contributed by atoms with Crippen molar-refractivity contribution in [3.05, 3.63) is 40.3 Å². The van der Waals surface area contributed by atoms with Crippen molar-refractivity contribution in [2.24, 2.45) is 5.73 Å². The molecule has 0 saturated carbocycles. The van der Waals surface area contributed by atoms with E-state index < -0.39 is 24.5 Å². The number of anilines is 1. The zero-order valence-corrected chi connectivity index (χ0v) is 14.3. The Morgan fingerprint density at radius 2 is 2.20 bits per heavy atom. The number of aromatic nitrogens is 1. The lowest BCUT2D eigenvalue weighted by Gasteiger charge is -2.18. The number of ether oxygens (including phenoxy) is 1. The van der Waals surface area contributed by atoms with Crippen molar-refractivity contribution in [2.45, 2.75) is 19.9 Å². The molecule has 134 valence electrons. The van der Waals surface area contributed by atoms with Gasteiger partial charge in [-0.05, 0) is 32.0 Å². The highest BCUT2D eigenvalue weighted by Crippen LogP contribution is 2.39. The quantitative estimate of drug-likeness (QED) is 0.577. The van der Waals surface area contributed by atoms with Crippen LogP contribution >= 0.6 is 11.6 Å². The summed E-state index contributed by atoms with van der Waals surface area (Å²) in [6.45, 7) is 2.81. The van der Waals surface area contributed by atoms with Gasteiger partial charge in [-0.2, -0.15) is 4.39 Å². The number of carbonyl (C=O) groups is 1. The van der Waals surface area contributed by atoms with Gasteiger partial charge >= 0.3 is 5.97 Å². The molecule has 1 aromatic carbocycles. The van der Waals surface area contributed by atoms with Gasteiger partial charge in [0.05, 0.1) is 0 Å². The van der Waals surface area contributed by atoms with Crippen LogP contribution in [0.1, 0.15) is 24.1 Å². The zero-order valence-electron chi connectivity index (χ0n) is 13.5. The third-order valence-electron chi connectivity index (χ3n) is 3.39. The molecule has 0 saturated heterocycles. The molecule has 1 aromatic heterocycles. The minimum atomic E-state index is -1.13. The first-order valence-electron chi connectivity index (χ1n) is 7.28. The maximum Gasteiger partial charge on any atom is 0.322 e. The Labute approximate surface area is 148 Å².